The van der Waals surface area contributed by atoms with Gasteiger partial charge in [0.15, 0.2) is 0 Å². The predicted molar refractivity (Wildman–Crippen MR) is 153 cm³/mol. The predicted octanol–water partition coefficient (Wildman–Crippen LogP) is 7.64. The molecule has 170 valence electrons. The molecule has 0 amide bonds. The molecule has 4 aromatic carbocycles. The first-order chi connectivity index (χ1) is 15.7. The van der Waals surface area contributed by atoms with Gasteiger partial charge in [-0.2, -0.15) is 120 Å². The van der Waals surface area contributed by atoms with Crippen LogP contribution < -0.4 is 0 Å². The quantitative estimate of drug-likeness (QED) is 0.147. The van der Waals surface area contributed by atoms with Crippen molar-refractivity contribution in [1.82, 2.24) is 0 Å². The van der Waals surface area contributed by atoms with Gasteiger partial charge in [0, 0.05) is 16.5 Å². The van der Waals surface area contributed by atoms with Crippen molar-refractivity contribution in [1.29, 1.82) is 0 Å². The summed E-state index contributed by atoms with van der Waals surface area (Å²) >= 11 is 18.3. The number of thiocarbonyl (C=S) groups is 4. The molecule has 0 N–H and O–H groups in total. The van der Waals surface area contributed by atoms with Crippen LogP contribution in [-0.4, -0.2) is 21.5 Å². The second kappa shape index (κ2) is 21.6. The van der Waals surface area contributed by atoms with Crippen LogP contribution in [-0.2, 0) is 16.5 Å². The maximum atomic E-state index is 4.57. The van der Waals surface area contributed by atoms with Crippen molar-refractivity contribution >= 4 is 70.3 Å². The third-order valence-electron chi connectivity index (χ3n) is 3.57. The third kappa shape index (κ3) is 16.1. The molecule has 0 atom stereocenters. The molecule has 0 aliphatic carbocycles. The zero-order valence-corrected chi connectivity index (χ0v) is 21.7. The number of hydrogen-bond donors (Lipinski definition) is 0. The first-order valence-electron chi connectivity index (χ1n) is 9.46. The van der Waals surface area contributed by atoms with E-state index < -0.39 is 0 Å². The van der Waals surface area contributed by atoms with Crippen molar-refractivity contribution in [2.75, 3.05) is 0 Å². The van der Waals surface area contributed by atoms with Gasteiger partial charge >= 0.3 is 0 Å². The van der Waals surface area contributed by atoms with Gasteiger partial charge in [-0.1, -0.05) is 24.3 Å². The van der Waals surface area contributed by atoms with Gasteiger partial charge in [-0.3, -0.25) is 0 Å². The Balaban J connectivity index is 0.000000410. The second-order valence-corrected chi connectivity index (χ2v) is 6.69. The minimum Gasteiger partial charge on any atom is -0.181 e. The standard InChI is InChI=1S/4C7H5S.Ni/c4*8-6-7-4-2-1-3-5-7;/h4*1-5H;/q4*-1;. The largest absolute Gasteiger partial charge is 0.181 e. The summed E-state index contributed by atoms with van der Waals surface area (Å²) in [5, 5.41) is 10.4. The maximum absolute atomic E-state index is 4.57. The average molecular weight is 543 g/mol. The van der Waals surface area contributed by atoms with Crippen molar-refractivity contribution in [2.24, 2.45) is 0 Å². The summed E-state index contributed by atoms with van der Waals surface area (Å²) in [6.07, 6.45) is 0. The molecule has 0 spiro atoms. The van der Waals surface area contributed by atoms with Crippen molar-refractivity contribution in [2.45, 2.75) is 0 Å². The van der Waals surface area contributed by atoms with E-state index in [1.165, 1.54) is 0 Å². The van der Waals surface area contributed by atoms with E-state index in [1.54, 1.807) is 0 Å². The number of benzene rings is 4. The van der Waals surface area contributed by atoms with Gasteiger partial charge in [0.2, 0.25) is 0 Å². The molecule has 0 aliphatic rings. The molecular weight excluding hydrogens is 523 g/mol. The Morgan fingerprint density at radius 2 is 0.455 bits per heavy atom. The van der Waals surface area contributed by atoms with Gasteiger partial charge < -0.3 is 0 Å². The molecule has 5 heteroatoms. The molecule has 0 fully saturated rings. The van der Waals surface area contributed by atoms with E-state index in [0.29, 0.717) is 0 Å². The molecule has 0 saturated carbocycles. The first-order valence-corrected chi connectivity index (χ1v) is 11.1. The van der Waals surface area contributed by atoms with Crippen molar-refractivity contribution < 1.29 is 16.5 Å². The van der Waals surface area contributed by atoms with Crippen LogP contribution in [0.1, 0.15) is 22.3 Å². The summed E-state index contributed by atoms with van der Waals surface area (Å²) < 4.78 is 0. The Hall–Kier alpha value is -2.27. The number of rotatable bonds is 4. The SMILES string of the molecule is S=[C-]c1ccccc1.S=[C-]c1ccccc1.S=[C-]c1ccccc1.S=[C-]c1ccccc1.[Ni]. The fourth-order valence-electron chi connectivity index (χ4n) is 2.02. The van der Waals surface area contributed by atoms with Crippen molar-refractivity contribution in [3.05, 3.63) is 144 Å². The van der Waals surface area contributed by atoms with E-state index in [-0.39, 0.29) is 16.5 Å². The Kier molecular flexibility index (Phi) is 20.1. The van der Waals surface area contributed by atoms with Gasteiger partial charge in [0.1, 0.15) is 0 Å². The van der Waals surface area contributed by atoms with E-state index in [9.17, 15) is 0 Å². The van der Waals surface area contributed by atoms with Crippen molar-refractivity contribution in [3.8, 4) is 0 Å². The molecule has 0 nitrogen and oxygen atoms in total. The second-order valence-electron chi connectivity index (χ2n) is 5.87. The van der Waals surface area contributed by atoms with E-state index in [0.717, 1.165) is 22.3 Å². The molecule has 0 aliphatic heterocycles. The van der Waals surface area contributed by atoms with Crippen LogP contribution in [0.15, 0.2) is 121 Å². The minimum atomic E-state index is 0. The normalized spacial score (nSPS) is 8.24. The van der Waals surface area contributed by atoms with E-state index in [1.807, 2.05) is 121 Å². The van der Waals surface area contributed by atoms with Gasteiger partial charge in [-0.25, -0.2) is 0 Å². The molecular formula is C28H20NiS4-4. The first kappa shape index (κ1) is 30.7. The third-order valence-corrected chi connectivity index (χ3v) is 4.51. The summed E-state index contributed by atoms with van der Waals surface area (Å²) in [7, 11) is 0. The summed E-state index contributed by atoms with van der Waals surface area (Å²) in [6.45, 7) is 0. The Labute approximate surface area is 229 Å². The molecule has 33 heavy (non-hydrogen) atoms. The van der Waals surface area contributed by atoms with Gasteiger partial charge in [-0.05, 0) is 0 Å². The fourth-order valence-corrected chi connectivity index (χ4v) is 2.57. The van der Waals surface area contributed by atoms with E-state index in [4.69, 9.17) is 0 Å². The maximum Gasteiger partial charge on any atom is 0 e. The van der Waals surface area contributed by atoms with Crippen molar-refractivity contribution in [3.63, 3.8) is 0 Å². The van der Waals surface area contributed by atoms with Crippen LogP contribution in [0.3, 0.4) is 0 Å². The Bertz CT molecular complexity index is 848. The molecule has 0 unspecified atom stereocenters. The van der Waals surface area contributed by atoms with Crippen LogP contribution >= 0.6 is 48.9 Å². The molecule has 4 aromatic rings. The number of hydrogen-bond acceptors (Lipinski definition) is 4. The molecule has 0 bridgehead atoms. The van der Waals surface area contributed by atoms with Gasteiger partial charge in [0.25, 0.3) is 0 Å². The Morgan fingerprint density at radius 1 is 0.303 bits per heavy atom. The van der Waals surface area contributed by atoms with Crippen LogP contribution in [0.25, 0.3) is 0 Å². The molecule has 0 saturated heterocycles. The summed E-state index contributed by atoms with van der Waals surface area (Å²) in [6, 6.07) is 38.7. The van der Waals surface area contributed by atoms with Crippen LogP contribution in [0.5, 0.6) is 0 Å². The van der Waals surface area contributed by atoms with E-state index in [2.05, 4.69) is 70.3 Å². The molecule has 0 heterocycles. The Morgan fingerprint density at radius 3 is 0.545 bits per heavy atom. The minimum absolute atomic E-state index is 0. The van der Waals surface area contributed by atoms with E-state index >= 15 is 0 Å². The zero-order chi connectivity index (χ0) is 23.3. The smallest absolute Gasteiger partial charge is 0 e. The molecule has 4 rings (SSSR count). The molecule has 0 radical (unpaired) electrons. The summed E-state index contributed by atoms with van der Waals surface area (Å²) in [5.74, 6) is 0. The van der Waals surface area contributed by atoms with Gasteiger partial charge in [-0.15, -0.1) is 70.0 Å². The van der Waals surface area contributed by atoms with Crippen LogP contribution in [0, 0.1) is 0 Å². The van der Waals surface area contributed by atoms with Gasteiger partial charge in [0.05, 0.1) is 0 Å². The van der Waals surface area contributed by atoms with Crippen LogP contribution in [0.4, 0.5) is 0 Å². The summed E-state index contributed by atoms with van der Waals surface area (Å²) in [5.41, 5.74) is 3.90. The van der Waals surface area contributed by atoms with Crippen LogP contribution in [0.2, 0.25) is 0 Å². The molecule has 0 aromatic heterocycles. The fraction of sp³-hybridized carbons (Fsp3) is 0. The summed E-state index contributed by atoms with van der Waals surface area (Å²) in [4.78, 5) is 0. The zero-order valence-electron chi connectivity index (χ0n) is 17.5. The average Bonchev–Trinajstić information content (AvgIpc) is 2.91. The topological polar surface area (TPSA) is 0 Å². The monoisotopic (exact) mass is 542 g/mol.